The highest BCUT2D eigenvalue weighted by molar-refractivity contribution is 6.04. The lowest BCUT2D eigenvalue weighted by molar-refractivity contribution is 0.102. The minimum atomic E-state index is -0.162. The molecular weight excluding hydrogens is 302 g/mol. The summed E-state index contributed by atoms with van der Waals surface area (Å²) in [7, 11) is 0. The summed E-state index contributed by atoms with van der Waals surface area (Å²) in [6.07, 6.45) is 0. The number of benzene rings is 2. The Morgan fingerprint density at radius 3 is 2.29 bits per heavy atom. The second-order valence-corrected chi connectivity index (χ2v) is 6.16. The van der Waals surface area contributed by atoms with E-state index in [1.165, 1.54) is 5.56 Å². The molecule has 5 heteroatoms. The van der Waals surface area contributed by atoms with E-state index in [0.29, 0.717) is 24.6 Å². The fourth-order valence-electron chi connectivity index (χ4n) is 2.67. The fourth-order valence-corrected chi connectivity index (χ4v) is 2.67. The van der Waals surface area contributed by atoms with Crippen molar-refractivity contribution in [1.82, 2.24) is 5.32 Å². The van der Waals surface area contributed by atoms with Gasteiger partial charge in [0.25, 0.3) is 5.91 Å². The fraction of sp³-hybridized carbons (Fsp3) is 0.263. The Bertz CT molecular complexity index is 736. The molecule has 5 nitrogen and oxygen atoms in total. The second-order valence-electron chi connectivity index (χ2n) is 6.16. The molecule has 24 heavy (non-hydrogen) atoms. The predicted octanol–water partition coefficient (Wildman–Crippen LogP) is 3.59. The van der Waals surface area contributed by atoms with Crippen LogP contribution in [0.1, 0.15) is 35.7 Å². The molecular formula is C19H21N3O2. The van der Waals surface area contributed by atoms with E-state index in [1.54, 1.807) is 29.2 Å². The molecule has 1 fully saturated rings. The molecule has 0 atom stereocenters. The third-order valence-electron chi connectivity index (χ3n) is 4.13. The summed E-state index contributed by atoms with van der Waals surface area (Å²) in [5.74, 6) is 0.301. The largest absolute Gasteiger partial charge is 0.336 e. The Balaban J connectivity index is 1.67. The molecule has 2 aromatic rings. The maximum absolute atomic E-state index is 12.3. The monoisotopic (exact) mass is 323 g/mol. The van der Waals surface area contributed by atoms with Crippen LogP contribution in [0.15, 0.2) is 48.5 Å². The van der Waals surface area contributed by atoms with Gasteiger partial charge in [0, 0.05) is 30.0 Å². The third kappa shape index (κ3) is 3.40. The average Bonchev–Trinajstić information content (AvgIpc) is 3.01. The van der Waals surface area contributed by atoms with Crippen LogP contribution in [-0.2, 0) is 0 Å². The Kier molecular flexibility index (Phi) is 4.51. The van der Waals surface area contributed by atoms with Crippen LogP contribution in [0.3, 0.4) is 0 Å². The van der Waals surface area contributed by atoms with Crippen molar-refractivity contribution in [2.75, 3.05) is 23.3 Å². The van der Waals surface area contributed by atoms with E-state index < -0.39 is 0 Å². The van der Waals surface area contributed by atoms with Gasteiger partial charge in [-0.25, -0.2) is 4.79 Å². The van der Waals surface area contributed by atoms with Gasteiger partial charge in [-0.1, -0.05) is 26.0 Å². The minimum absolute atomic E-state index is 0.0996. The van der Waals surface area contributed by atoms with E-state index in [4.69, 9.17) is 0 Å². The topological polar surface area (TPSA) is 61.4 Å². The molecule has 1 aliphatic rings. The molecule has 0 aliphatic carbocycles. The summed E-state index contributed by atoms with van der Waals surface area (Å²) in [6, 6.07) is 14.8. The molecule has 2 N–H and O–H groups in total. The van der Waals surface area contributed by atoms with Gasteiger partial charge in [-0.2, -0.15) is 0 Å². The molecule has 0 spiro atoms. The number of nitrogens with one attached hydrogen (secondary N) is 2. The predicted molar refractivity (Wildman–Crippen MR) is 95.7 cm³/mol. The highest BCUT2D eigenvalue weighted by Crippen LogP contribution is 2.20. The number of nitrogens with zero attached hydrogens (tertiary/aromatic N) is 1. The molecule has 1 aliphatic heterocycles. The van der Waals surface area contributed by atoms with Crippen molar-refractivity contribution in [3.8, 4) is 0 Å². The highest BCUT2D eigenvalue weighted by atomic mass is 16.2. The maximum atomic E-state index is 12.3. The molecule has 0 aromatic heterocycles. The molecule has 3 rings (SSSR count). The first-order chi connectivity index (χ1) is 11.5. The Hall–Kier alpha value is -2.82. The summed E-state index contributed by atoms with van der Waals surface area (Å²) in [6.45, 7) is 5.56. The van der Waals surface area contributed by atoms with Gasteiger partial charge in [0.05, 0.1) is 0 Å². The van der Waals surface area contributed by atoms with Crippen LogP contribution in [0, 0.1) is 0 Å². The highest BCUT2D eigenvalue weighted by Gasteiger charge is 2.21. The quantitative estimate of drug-likeness (QED) is 0.903. The van der Waals surface area contributed by atoms with Gasteiger partial charge in [0.1, 0.15) is 0 Å². The molecule has 1 saturated heterocycles. The Morgan fingerprint density at radius 2 is 1.75 bits per heavy atom. The molecule has 2 aromatic carbocycles. The lowest BCUT2D eigenvalue weighted by Gasteiger charge is -2.14. The van der Waals surface area contributed by atoms with Gasteiger partial charge in [0.15, 0.2) is 0 Å². The van der Waals surface area contributed by atoms with E-state index >= 15 is 0 Å². The summed E-state index contributed by atoms with van der Waals surface area (Å²) in [5.41, 5.74) is 3.36. The van der Waals surface area contributed by atoms with E-state index in [-0.39, 0.29) is 11.9 Å². The van der Waals surface area contributed by atoms with E-state index in [0.717, 1.165) is 11.4 Å². The lowest BCUT2D eigenvalue weighted by Crippen LogP contribution is -2.27. The molecule has 124 valence electrons. The smallest absolute Gasteiger partial charge is 0.321 e. The number of carbonyl (C=O) groups is 2. The van der Waals surface area contributed by atoms with Crippen LogP contribution in [0.2, 0.25) is 0 Å². The first-order valence-electron chi connectivity index (χ1n) is 8.11. The van der Waals surface area contributed by atoms with Crippen molar-refractivity contribution < 1.29 is 9.59 Å². The first kappa shape index (κ1) is 16.1. The molecule has 0 radical (unpaired) electrons. The normalized spacial score (nSPS) is 14.0. The molecule has 0 bridgehead atoms. The van der Waals surface area contributed by atoms with Gasteiger partial charge in [-0.15, -0.1) is 0 Å². The molecule has 3 amide bonds. The zero-order valence-electron chi connectivity index (χ0n) is 13.9. The second kappa shape index (κ2) is 6.74. The van der Waals surface area contributed by atoms with Gasteiger partial charge in [0.2, 0.25) is 0 Å². The summed E-state index contributed by atoms with van der Waals surface area (Å²) in [5, 5.41) is 5.65. The van der Waals surface area contributed by atoms with Crippen molar-refractivity contribution in [3.63, 3.8) is 0 Å². The summed E-state index contributed by atoms with van der Waals surface area (Å²) < 4.78 is 0. The van der Waals surface area contributed by atoms with Crippen LogP contribution < -0.4 is 15.5 Å². The number of amides is 3. The summed E-state index contributed by atoms with van der Waals surface area (Å²) >= 11 is 0. The van der Waals surface area contributed by atoms with Crippen LogP contribution in [0.5, 0.6) is 0 Å². The Morgan fingerprint density at radius 1 is 1.08 bits per heavy atom. The number of rotatable bonds is 4. The van der Waals surface area contributed by atoms with Gasteiger partial charge >= 0.3 is 6.03 Å². The molecule has 0 unspecified atom stereocenters. The maximum Gasteiger partial charge on any atom is 0.321 e. The van der Waals surface area contributed by atoms with Crippen LogP contribution >= 0.6 is 0 Å². The third-order valence-corrected chi connectivity index (χ3v) is 4.13. The van der Waals surface area contributed by atoms with E-state index in [2.05, 4.69) is 24.5 Å². The zero-order chi connectivity index (χ0) is 17.1. The van der Waals surface area contributed by atoms with Crippen molar-refractivity contribution in [2.45, 2.75) is 19.8 Å². The number of carbonyl (C=O) groups excluding carboxylic acids is 2. The van der Waals surface area contributed by atoms with Crippen molar-refractivity contribution >= 4 is 23.3 Å². The summed E-state index contributed by atoms with van der Waals surface area (Å²) in [4.78, 5) is 25.6. The lowest BCUT2D eigenvalue weighted by atomic mass is 10.0. The van der Waals surface area contributed by atoms with Crippen molar-refractivity contribution in [3.05, 3.63) is 59.7 Å². The SMILES string of the molecule is CC(C)c1ccc(NC(=O)c2ccc(N3CCNC3=O)cc2)cc1. The van der Waals surface area contributed by atoms with Crippen LogP contribution in [0.4, 0.5) is 16.2 Å². The Labute approximate surface area is 141 Å². The van der Waals surface area contributed by atoms with Gasteiger partial charge in [-0.05, 0) is 47.9 Å². The number of hydrogen-bond acceptors (Lipinski definition) is 2. The van der Waals surface area contributed by atoms with Crippen molar-refractivity contribution in [1.29, 1.82) is 0 Å². The van der Waals surface area contributed by atoms with E-state index in [1.807, 2.05) is 24.3 Å². The van der Waals surface area contributed by atoms with Crippen LogP contribution in [0.25, 0.3) is 0 Å². The number of hydrogen-bond donors (Lipinski definition) is 2. The van der Waals surface area contributed by atoms with Crippen molar-refractivity contribution in [2.24, 2.45) is 0 Å². The molecule has 1 heterocycles. The molecule has 0 saturated carbocycles. The van der Waals surface area contributed by atoms with E-state index in [9.17, 15) is 9.59 Å². The first-order valence-corrected chi connectivity index (χ1v) is 8.11. The number of urea groups is 1. The van der Waals surface area contributed by atoms with Crippen LogP contribution in [-0.4, -0.2) is 25.0 Å². The minimum Gasteiger partial charge on any atom is -0.336 e. The van der Waals surface area contributed by atoms with Gasteiger partial charge < -0.3 is 10.6 Å². The average molecular weight is 323 g/mol. The zero-order valence-corrected chi connectivity index (χ0v) is 13.9. The number of anilines is 2. The standard InChI is InChI=1S/C19H21N3O2/c1-13(2)14-3-7-16(8-4-14)21-18(23)15-5-9-17(10-6-15)22-12-11-20-19(22)24/h3-10,13H,11-12H2,1-2H3,(H,20,24)(H,21,23). The van der Waals surface area contributed by atoms with Gasteiger partial charge in [-0.3, -0.25) is 9.69 Å².